The molecule has 4 heterocycles. The van der Waals surface area contributed by atoms with Gasteiger partial charge < -0.3 is 18.9 Å². The smallest absolute Gasteiger partial charge is 0.252 e. The van der Waals surface area contributed by atoms with Crippen molar-refractivity contribution in [2.24, 2.45) is 0 Å². The number of rotatable bonds is 11. The Balaban J connectivity index is 0.992. The summed E-state index contributed by atoms with van der Waals surface area (Å²) in [6.07, 6.45) is 0. The quantitative estimate of drug-likeness (QED) is 0.0948. The number of fused-ring (bicyclic) bond motifs is 10. The molecule has 2 aliphatic heterocycles. The average Bonchev–Trinajstić information content (AvgIpc) is 1.59. The minimum absolute atomic E-state index is 0.161. The summed E-state index contributed by atoms with van der Waals surface area (Å²) in [5.74, 6) is 0. The molecule has 0 atom stereocenters. The monoisotopic (exact) mass is 1550 g/mol. The van der Waals surface area contributed by atoms with Crippen molar-refractivity contribution in [2.45, 2.75) is 52.4 Å². The Kier molecular flexibility index (Phi) is 10.4. The van der Waals surface area contributed by atoms with Gasteiger partial charge in [-0.25, -0.2) is 0 Å². The second-order valence-corrected chi connectivity index (χ2v) is 32.3. The lowest BCUT2D eigenvalue weighted by molar-refractivity contribution is 0.590. The number of aromatic nitrogens is 2. The molecule has 0 saturated carbocycles. The molecule has 0 bridgehead atoms. The van der Waals surface area contributed by atoms with Crippen molar-refractivity contribution >= 4 is 133 Å². The lowest BCUT2D eigenvalue weighted by atomic mass is 9.33. The Morgan fingerprint density at radius 2 is 0.647 bits per heavy atom. The number of benzene rings is 19. The molecule has 5 heteroatoms. The first-order valence-electron chi connectivity index (χ1n) is 54.4. The van der Waals surface area contributed by atoms with Gasteiger partial charge in [0.25, 0.3) is 6.71 Å². The van der Waals surface area contributed by atoms with E-state index in [9.17, 15) is 32.9 Å². The van der Waals surface area contributed by atoms with Crippen molar-refractivity contribution in [2.75, 3.05) is 9.80 Å². The molecule has 0 aliphatic carbocycles. The molecular weight excluding hydrogens is 1440 g/mol. The first kappa shape index (κ1) is 45.7. The van der Waals surface area contributed by atoms with Crippen LogP contribution in [0.2, 0.25) is 0 Å². The van der Waals surface area contributed by atoms with Gasteiger partial charge in [0, 0.05) is 77.9 Å². The summed E-state index contributed by atoms with van der Waals surface area (Å²) in [4.78, 5) is 3.67. The van der Waals surface area contributed by atoms with Crippen LogP contribution in [0.4, 0.5) is 34.1 Å². The van der Waals surface area contributed by atoms with Gasteiger partial charge in [-0.05, 0) is 229 Å². The second kappa shape index (κ2) is 27.0. The second-order valence-electron chi connectivity index (χ2n) is 32.3. The molecule has 23 rings (SSSR count). The fourth-order valence-corrected chi connectivity index (χ4v) is 17.8. The van der Waals surface area contributed by atoms with Crippen LogP contribution in [0.1, 0.15) is 93.8 Å². The van der Waals surface area contributed by atoms with Gasteiger partial charge in [0.2, 0.25) is 0 Å². The molecule has 562 valence electrons. The molecule has 21 aromatic rings. The normalized spacial score (nSPS) is 16.3. The molecule has 19 aromatic carbocycles. The zero-order valence-electron chi connectivity index (χ0n) is 95.1. The predicted molar refractivity (Wildman–Crippen MR) is 508 cm³/mol. The summed E-state index contributed by atoms with van der Waals surface area (Å²) < 4.78 is 305. The van der Waals surface area contributed by atoms with Gasteiger partial charge in [-0.1, -0.05) is 332 Å². The highest BCUT2D eigenvalue weighted by Gasteiger charge is 2.47. The maximum Gasteiger partial charge on any atom is 0.252 e. The standard InChI is InChI=1S/C114H83BN4/c1-113(2,3)84-66-92(74-35-17-9-18-36-74)111(93(67-84)75-37-19-10-20-38-75)118-104-70-86(116-100-49-27-25-46-88(100)96-61-80(53-59-102(96)116)72-31-13-7-14-32-72)55-57-98(104)115-99-58-56-87(117-101-50-28-26-47-89(101)97-62-81(54-60-103(97)117)73-33-15-8-16-34-73)71-105(99)119(112-94(76-39-21-11-22-40-76)68-85(114(4,5)6)69-95(112)77-41-23-12-24-42-77)107-65-83(64-106(118)110(107)115)91-63-82-45-29-43-78-51-52-79-44-30-48-90(91)109(79)108(78)82/h7-71H,1-6H3/i7D,8D,13D,14D,15D,16D,25D,26D,27D,28D,31D,32D,33D,34D,46D,47D,49D,50D,53D,54D,55D,56D,57D,58D,59D,60D,61D,62D,70D,71D. The molecule has 2 aliphatic rings. The summed E-state index contributed by atoms with van der Waals surface area (Å²) in [6, 6.07) is 41.8. The van der Waals surface area contributed by atoms with Crippen LogP contribution in [-0.2, 0) is 10.8 Å². The minimum Gasteiger partial charge on any atom is -0.310 e. The molecule has 0 radical (unpaired) electrons. The highest BCUT2D eigenvalue weighted by molar-refractivity contribution is 7.00. The summed E-state index contributed by atoms with van der Waals surface area (Å²) in [7, 11) is 0. The van der Waals surface area contributed by atoms with Crippen LogP contribution in [0.25, 0.3) is 165 Å². The van der Waals surface area contributed by atoms with E-state index in [1.165, 1.54) is 0 Å². The van der Waals surface area contributed by atoms with E-state index in [1.807, 2.05) is 210 Å². The summed E-state index contributed by atoms with van der Waals surface area (Å²) in [6.45, 7) is 10.5. The van der Waals surface area contributed by atoms with Gasteiger partial charge in [0.05, 0.1) is 74.6 Å². The van der Waals surface area contributed by atoms with Gasteiger partial charge in [-0.3, -0.25) is 0 Å². The van der Waals surface area contributed by atoms with E-state index in [0.717, 1.165) is 52.6 Å². The van der Waals surface area contributed by atoms with E-state index < -0.39 is 276 Å². The average molecular weight is 1550 g/mol. The Bertz CT molecular complexity index is 8970. The zero-order chi connectivity index (χ0) is 106. The van der Waals surface area contributed by atoms with E-state index in [-0.39, 0.29) is 39.1 Å². The van der Waals surface area contributed by atoms with E-state index in [2.05, 4.69) is 53.7 Å². The van der Waals surface area contributed by atoms with Crippen LogP contribution < -0.4 is 26.2 Å². The molecule has 0 spiro atoms. The molecule has 0 N–H and O–H groups in total. The molecule has 4 nitrogen and oxygen atoms in total. The van der Waals surface area contributed by atoms with Gasteiger partial charge in [-0.15, -0.1) is 0 Å². The molecular formula is C114H83BN4. The molecule has 0 saturated heterocycles. The van der Waals surface area contributed by atoms with Crippen molar-refractivity contribution in [1.29, 1.82) is 0 Å². The highest BCUT2D eigenvalue weighted by atomic mass is 15.2. The third-order valence-corrected chi connectivity index (χ3v) is 23.4. The first-order valence-corrected chi connectivity index (χ1v) is 39.4. The zero-order valence-corrected chi connectivity index (χ0v) is 65.1. The number of hydrogen-bond donors (Lipinski definition) is 0. The van der Waals surface area contributed by atoms with Crippen molar-refractivity contribution in [3.8, 4) is 89.3 Å². The van der Waals surface area contributed by atoms with Crippen LogP contribution in [0, 0.1) is 0 Å². The maximum absolute atomic E-state index is 12.2. The van der Waals surface area contributed by atoms with E-state index >= 15 is 0 Å². The van der Waals surface area contributed by atoms with E-state index in [4.69, 9.17) is 8.22 Å². The highest BCUT2D eigenvalue weighted by Crippen LogP contribution is 2.57. The van der Waals surface area contributed by atoms with Gasteiger partial charge in [0.1, 0.15) is 0 Å². The SMILES string of the molecule is [2H]c1c([2H])c([2H])c(-c2c([2H])c([2H])c3c(c2[2H])c2c([2H])c([2H])c([2H])c([2H])c2n3-c2c([2H])c([2H])c3c(c2[2H])N(c2c(-c4ccccc4)cc(C(C)(C)C)cc2-c2ccccc2)c2cc(-c4cc5cccc6ccc7cccc4c7c65)cc4c2B3c2c([2H])c([2H])c(-n3c5c([2H])c([2H])c([2H])c([2H])c5c5c([2H])c(-c6c([2H])c([2H])c([2H])c([2H])c6[2H])c([2H])c([2H])c53)c([2H])c2N4c2c(-c3ccccc3)cc(C(C)(C)C)cc2-c2ccccc2)c([2H])c1[2H]. The van der Waals surface area contributed by atoms with Crippen LogP contribution in [0.3, 0.4) is 0 Å². The number of para-hydroxylation sites is 2. The van der Waals surface area contributed by atoms with Crippen LogP contribution >= 0.6 is 0 Å². The predicted octanol–water partition coefficient (Wildman–Crippen LogP) is 29.1. The lowest BCUT2D eigenvalue weighted by Crippen LogP contribution is -2.61. The largest absolute Gasteiger partial charge is 0.310 e. The Hall–Kier alpha value is -14.5. The van der Waals surface area contributed by atoms with E-state index in [0.29, 0.717) is 67.0 Å². The Labute approximate surface area is 736 Å². The molecule has 0 fully saturated rings. The van der Waals surface area contributed by atoms with Gasteiger partial charge in [-0.2, -0.15) is 0 Å². The summed E-state index contributed by atoms with van der Waals surface area (Å²) in [5.41, 5.74) is -1.22. The third kappa shape index (κ3) is 11.2. The summed E-state index contributed by atoms with van der Waals surface area (Å²) >= 11 is 0. The topological polar surface area (TPSA) is 16.3 Å². The van der Waals surface area contributed by atoms with Crippen molar-refractivity contribution in [3.05, 3.63) is 405 Å². The molecule has 2 aromatic heterocycles. The Morgan fingerprint density at radius 3 is 1.08 bits per heavy atom. The molecule has 0 unspecified atom stereocenters. The van der Waals surface area contributed by atoms with Crippen LogP contribution in [0.15, 0.2) is 394 Å². The lowest BCUT2D eigenvalue weighted by Gasteiger charge is -2.46. The van der Waals surface area contributed by atoms with Crippen molar-refractivity contribution < 1.29 is 41.1 Å². The van der Waals surface area contributed by atoms with E-state index in [1.54, 1.807) is 0 Å². The molecule has 0 amide bonds. The maximum atomic E-state index is 12.2. The van der Waals surface area contributed by atoms with Crippen LogP contribution in [0.5, 0.6) is 0 Å². The summed E-state index contributed by atoms with van der Waals surface area (Å²) in [5, 5.41) is 2.88. The van der Waals surface area contributed by atoms with Gasteiger partial charge >= 0.3 is 0 Å². The van der Waals surface area contributed by atoms with Gasteiger partial charge in [0.15, 0.2) is 0 Å². The first-order chi connectivity index (χ1) is 70.8. The number of anilines is 6. The molecule has 119 heavy (non-hydrogen) atoms. The van der Waals surface area contributed by atoms with Crippen molar-refractivity contribution in [1.82, 2.24) is 9.13 Å². The van der Waals surface area contributed by atoms with Crippen LogP contribution in [-0.4, -0.2) is 15.8 Å². The van der Waals surface area contributed by atoms with Crippen molar-refractivity contribution in [3.63, 3.8) is 0 Å². The minimum atomic E-state index is -1.86. The number of hydrogen-bond acceptors (Lipinski definition) is 2. The number of nitrogens with zero attached hydrogens (tertiary/aromatic N) is 4. The third-order valence-electron chi connectivity index (χ3n) is 23.4. The fraction of sp³-hybridized carbons (Fsp3) is 0.0702. The fourth-order valence-electron chi connectivity index (χ4n) is 17.8. The Morgan fingerprint density at radius 1 is 0.261 bits per heavy atom.